The number of phenolic OH excluding ortho intramolecular Hbond substituents is 1. The first-order valence-corrected chi connectivity index (χ1v) is 10.9. The lowest BCUT2D eigenvalue weighted by Crippen LogP contribution is -2.52. The highest BCUT2D eigenvalue weighted by atomic mass is 16.4. The second kappa shape index (κ2) is 15.5. The maximum Gasteiger partial charge on any atom is 0.322 e. The molecule has 198 valence electrons. The van der Waals surface area contributed by atoms with Gasteiger partial charge < -0.3 is 48.7 Å². The van der Waals surface area contributed by atoms with Crippen LogP contribution in [0.5, 0.6) is 5.75 Å². The summed E-state index contributed by atoms with van der Waals surface area (Å²) >= 11 is 0. The minimum absolute atomic E-state index is 0.00253. The molecule has 15 nitrogen and oxygen atoms in total. The van der Waals surface area contributed by atoms with E-state index in [1.165, 1.54) is 24.3 Å². The van der Waals surface area contributed by atoms with E-state index in [0.717, 1.165) is 0 Å². The van der Waals surface area contributed by atoms with Crippen molar-refractivity contribution in [2.45, 2.75) is 31.3 Å². The van der Waals surface area contributed by atoms with Crippen molar-refractivity contribution in [2.75, 3.05) is 26.2 Å². The number of aromatic hydroxyl groups is 1. The quantitative estimate of drug-likeness (QED) is 0.0634. The molecule has 0 fully saturated rings. The van der Waals surface area contributed by atoms with Gasteiger partial charge in [-0.3, -0.25) is 29.0 Å². The van der Waals surface area contributed by atoms with Crippen LogP contribution in [-0.2, 0) is 30.4 Å². The van der Waals surface area contributed by atoms with Gasteiger partial charge in [0.1, 0.15) is 18.3 Å². The summed E-state index contributed by atoms with van der Waals surface area (Å²) in [4.78, 5) is 63.1. The van der Waals surface area contributed by atoms with Crippen molar-refractivity contribution in [3.05, 3.63) is 29.8 Å². The second-order valence-electron chi connectivity index (χ2n) is 7.65. The number of hydrogen-bond acceptors (Lipinski definition) is 8. The molecule has 0 unspecified atom stereocenters. The molecule has 4 amide bonds. The molecule has 0 saturated heterocycles. The van der Waals surface area contributed by atoms with Crippen LogP contribution in [0.2, 0.25) is 0 Å². The molecular formula is C21H32N8O7. The van der Waals surface area contributed by atoms with Crippen LogP contribution in [0.1, 0.15) is 18.4 Å². The number of nitrogens with one attached hydrogen (secondary N) is 4. The van der Waals surface area contributed by atoms with Crippen molar-refractivity contribution in [3.63, 3.8) is 0 Å². The Morgan fingerprint density at radius 3 is 2.11 bits per heavy atom. The summed E-state index contributed by atoms with van der Waals surface area (Å²) in [5.41, 5.74) is 16.7. The van der Waals surface area contributed by atoms with Crippen molar-refractivity contribution >= 4 is 35.6 Å². The first-order valence-electron chi connectivity index (χ1n) is 10.9. The number of carbonyl (C=O) groups is 5. The van der Waals surface area contributed by atoms with Gasteiger partial charge in [0.15, 0.2) is 5.96 Å². The zero-order valence-electron chi connectivity index (χ0n) is 19.5. The van der Waals surface area contributed by atoms with Crippen molar-refractivity contribution < 1.29 is 34.2 Å². The fraction of sp³-hybridized carbons (Fsp3) is 0.429. The van der Waals surface area contributed by atoms with Crippen LogP contribution in [-0.4, -0.2) is 84.0 Å². The zero-order chi connectivity index (χ0) is 27.1. The summed E-state index contributed by atoms with van der Waals surface area (Å²) in [5, 5.41) is 27.4. The molecule has 0 aliphatic heterocycles. The first-order chi connectivity index (χ1) is 17.0. The van der Waals surface area contributed by atoms with E-state index in [2.05, 4.69) is 26.3 Å². The fourth-order valence-electron chi connectivity index (χ4n) is 2.80. The second-order valence-corrected chi connectivity index (χ2v) is 7.65. The number of phenols is 1. The van der Waals surface area contributed by atoms with E-state index >= 15 is 0 Å². The molecule has 0 heterocycles. The molecule has 0 radical (unpaired) electrons. The molecule has 12 N–H and O–H groups in total. The maximum absolute atomic E-state index is 12.4. The van der Waals surface area contributed by atoms with Gasteiger partial charge in [-0.25, -0.2) is 0 Å². The summed E-state index contributed by atoms with van der Waals surface area (Å²) in [7, 11) is 0. The van der Waals surface area contributed by atoms with Gasteiger partial charge >= 0.3 is 5.97 Å². The number of nitrogens with zero attached hydrogens (tertiary/aromatic N) is 1. The number of carbonyl (C=O) groups excluding carboxylic acids is 4. The minimum atomic E-state index is -1.26. The number of guanidine groups is 1. The Bertz CT molecular complexity index is 948. The maximum atomic E-state index is 12.4. The van der Waals surface area contributed by atoms with Gasteiger partial charge in [0, 0.05) is 13.0 Å². The lowest BCUT2D eigenvalue weighted by Gasteiger charge is -2.18. The van der Waals surface area contributed by atoms with E-state index in [4.69, 9.17) is 22.3 Å². The molecule has 0 aliphatic rings. The molecular weight excluding hydrogens is 476 g/mol. The number of benzene rings is 1. The number of aliphatic imine (C=N–C) groups is 1. The molecule has 15 heteroatoms. The van der Waals surface area contributed by atoms with Gasteiger partial charge in [-0.05, 0) is 30.5 Å². The van der Waals surface area contributed by atoms with Crippen molar-refractivity contribution in [1.82, 2.24) is 21.3 Å². The Labute approximate surface area is 206 Å². The van der Waals surface area contributed by atoms with Crippen molar-refractivity contribution in [3.8, 4) is 5.75 Å². The molecule has 0 aliphatic carbocycles. The van der Waals surface area contributed by atoms with Gasteiger partial charge in [0.2, 0.25) is 23.6 Å². The van der Waals surface area contributed by atoms with Gasteiger partial charge in [-0.15, -0.1) is 0 Å². The van der Waals surface area contributed by atoms with Gasteiger partial charge in [0.25, 0.3) is 0 Å². The molecule has 0 saturated carbocycles. The number of aliphatic carboxylic acids is 1. The zero-order valence-corrected chi connectivity index (χ0v) is 19.5. The summed E-state index contributed by atoms with van der Waals surface area (Å²) in [5.74, 6) is -4.02. The third kappa shape index (κ3) is 12.7. The predicted octanol–water partition coefficient (Wildman–Crippen LogP) is -3.77. The van der Waals surface area contributed by atoms with Crippen molar-refractivity contribution in [1.29, 1.82) is 0 Å². The smallest absolute Gasteiger partial charge is 0.322 e. The van der Waals surface area contributed by atoms with E-state index in [-0.39, 0.29) is 18.1 Å². The Morgan fingerprint density at radius 2 is 1.50 bits per heavy atom. The Morgan fingerprint density at radius 1 is 0.889 bits per heavy atom. The lowest BCUT2D eigenvalue weighted by molar-refractivity contribution is -0.138. The highest BCUT2D eigenvalue weighted by Gasteiger charge is 2.22. The van der Waals surface area contributed by atoms with Crippen LogP contribution in [0, 0.1) is 0 Å². The summed E-state index contributed by atoms with van der Waals surface area (Å²) in [6.45, 7) is -1.27. The van der Waals surface area contributed by atoms with Crippen LogP contribution in [0.4, 0.5) is 0 Å². The van der Waals surface area contributed by atoms with Gasteiger partial charge in [-0.1, -0.05) is 12.1 Å². The summed E-state index contributed by atoms with van der Waals surface area (Å²) < 4.78 is 0. The van der Waals surface area contributed by atoms with Crippen LogP contribution in [0.15, 0.2) is 29.3 Å². The van der Waals surface area contributed by atoms with E-state index in [0.29, 0.717) is 24.9 Å². The van der Waals surface area contributed by atoms with Crippen LogP contribution >= 0.6 is 0 Å². The van der Waals surface area contributed by atoms with E-state index < -0.39 is 61.3 Å². The van der Waals surface area contributed by atoms with Gasteiger partial charge in [0.05, 0.1) is 19.1 Å². The Kier molecular flexibility index (Phi) is 12.8. The normalized spacial score (nSPS) is 11.9. The number of carboxylic acid groups (broad SMARTS) is 1. The average Bonchev–Trinajstić information content (AvgIpc) is 2.82. The van der Waals surface area contributed by atoms with Crippen LogP contribution in [0.3, 0.4) is 0 Å². The number of rotatable bonds is 15. The molecule has 1 aromatic rings. The average molecular weight is 509 g/mol. The van der Waals surface area contributed by atoms with E-state index in [1.54, 1.807) is 0 Å². The third-order valence-corrected chi connectivity index (χ3v) is 4.62. The van der Waals surface area contributed by atoms with Gasteiger partial charge in [-0.2, -0.15) is 0 Å². The molecule has 1 aromatic carbocycles. The highest BCUT2D eigenvalue weighted by Crippen LogP contribution is 2.11. The third-order valence-electron chi connectivity index (χ3n) is 4.62. The fourth-order valence-corrected chi connectivity index (χ4v) is 2.80. The molecule has 2 atom stereocenters. The topological polar surface area (TPSA) is 264 Å². The molecule has 36 heavy (non-hydrogen) atoms. The predicted molar refractivity (Wildman–Crippen MR) is 128 cm³/mol. The number of nitrogens with two attached hydrogens (primary N) is 3. The van der Waals surface area contributed by atoms with Crippen molar-refractivity contribution in [2.24, 2.45) is 22.2 Å². The Balaban J connectivity index is 2.51. The lowest BCUT2D eigenvalue weighted by atomic mass is 10.0. The molecule has 0 bridgehead atoms. The summed E-state index contributed by atoms with van der Waals surface area (Å²) in [6.07, 6.45) is 0.756. The Hall–Kier alpha value is -4.40. The summed E-state index contributed by atoms with van der Waals surface area (Å²) in [6, 6.07) is 3.85. The molecule has 0 spiro atoms. The number of carboxylic acids is 1. The highest BCUT2D eigenvalue weighted by molar-refractivity contribution is 5.92. The molecule has 0 aromatic heterocycles. The van der Waals surface area contributed by atoms with Crippen LogP contribution < -0.4 is 38.5 Å². The standard InChI is InChI=1S/C21H32N8O7/c22-14(2-1-7-25-21(23)24)19(35)27-9-16(31)26-10-17(32)29-15(20(36)28-11-18(33)34)8-12-3-5-13(30)6-4-12/h3-6,14-15,30H,1-2,7-11,22H2,(H,26,31)(H,27,35)(H,28,36)(H,29,32)(H,33,34)(H4,23,24,25)/t14-,15-/m0/s1. The SMILES string of the molecule is NC(N)=NCCC[C@H](N)C(=O)NCC(=O)NCC(=O)N[C@@H](Cc1ccc(O)cc1)C(=O)NCC(=O)O. The van der Waals surface area contributed by atoms with Crippen LogP contribution in [0.25, 0.3) is 0 Å². The van der Waals surface area contributed by atoms with E-state index in [9.17, 15) is 29.1 Å². The first kappa shape index (κ1) is 29.6. The molecule has 1 rings (SSSR count). The van der Waals surface area contributed by atoms with E-state index in [1.807, 2.05) is 0 Å². The monoisotopic (exact) mass is 508 g/mol. The largest absolute Gasteiger partial charge is 0.508 e. The number of amides is 4. The number of hydrogen-bond donors (Lipinski definition) is 9. The minimum Gasteiger partial charge on any atom is -0.508 e.